The van der Waals surface area contributed by atoms with E-state index < -0.39 is 0 Å². The molecule has 1 saturated heterocycles. The summed E-state index contributed by atoms with van der Waals surface area (Å²) in [5.74, 6) is 1.18. The van der Waals surface area contributed by atoms with Crippen LogP contribution in [0.15, 0.2) is 35.0 Å². The van der Waals surface area contributed by atoms with Crippen LogP contribution in [0.1, 0.15) is 57.4 Å². The number of benzene rings is 1. The molecule has 0 bridgehead atoms. The zero-order valence-electron chi connectivity index (χ0n) is 16.4. The highest BCUT2D eigenvalue weighted by atomic mass is 16.5. The molecule has 3 heterocycles. The van der Waals surface area contributed by atoms with Gasteiger partial charge in [-0.2, -0.15) is 4.98 Å². The molecule has 3 aromatic rings. The summed E-state index contributed by atoms with van der Waals surface area (Å²) in [6.45, 7) is 4.05. The molecule has 0 radical (unpaired) electrons. The van der Waals surface area contributed by atoms with Gasteiger partial charge in [-0.25, -0.2) is 0 Å². The van der Waals surface area contributed by atoms with Crippen molar-refractivity contribution in [3.63, 3.8) is 0 Å². The molecule has 1 atom stereocenters. The summed E-state index contributed by atoms with van der Waals surface area (Å²) in [6, 6.07) is 8.36. The molecule has 148 valence electrons. The molecule has 0 spiro atoms. The number of nitrogens with one attached hydrogen (secondary N) is 1. The Labute approximate surface area is 165 Å². The molecule has 1 aromatic carbocycles. The fourth-order valence-electron chi connectivity index (χ4n) is 4.04. The summed E-state index contributed by atoms with van der Waals surface area (Å²) >= 11 is 0. The number of guanidine groups is 1. The SMILES string of the molecule is CCCCCCn1ccc2cc(-c3noc([C@@H]4CCCN4C(=N)N)n3)ccc21. The van der Waals surface area contributed by atoms with Gasteiger partial charge < -0.3 is 19.7 Å². The lowest BCUT2D eigenvalue weighted by Crippen LogP contribution is -2.35. The summed E-state index contributed by atoms with van der Waals surface area (Å²) in [6.07, 6.45) is 9.05. The molecule has 0 unspecified atom stereocenters. The van der Waals surface area contributed by atoms with E-state index in [0.717, 1.165) is 31.5 Å². The first-order chi connectivity index (χ1) is 13.7. The first-order valence-electron chi connectivity index (χ1n) is 10.2. The van der Waals surface area contributed by atoms with E-state index in [1.165, 1.54) is 36.6 Å². The number of hydrogen-bond acceptors (Lipinski definition) is 4. The van der Waals surface area contributed by atoms with Crippen LogP contribution in [0.2, 0.25) is 0 Å². The van der Waals surface area contributed by atoms with Gasteiger partial charge in [-0.3, -0.25) is 5.41 Å². The van der Waals surface area contributed by atoms with Gasteiger partial charge >= 0.3 is 0 Å². The van der Waals surface area contributed by atoms with Gasteiger partial charge in [0.05, 0.1) is 0 Å². The number of nitrogens with zero attached hydrogens (tertiary/aromatic N) is 4. The largest absolute Gasteiger partial charge is 0.370 e. The molecule has 7 heteroatoms. The van der Waals surface area contributed by atoms with Gasteiger partial charge in [-0.15, -0.1) is 0 Å². The second-order valence-corrected chi connectivity index (χ2v) is 7.54. The van der Waals surface area contributed by atoms with E-state index in [9.17, 15) is 0 Å². The quantitative estimate of drug-likeness (QED) is 0.362. The van der Waals surface area contributed by atoms with E-state index in [1.807, 2.05) is 4.90 Å². The van der Waals surface area contributed by atoms with Gasteiger partial charge in [0.1, 0.15) is 6.04 Å². The van der Waals surface area contributed by atoms with Crippen LogP contribution in [0, 0.1) is 5.41 Å². The summed E-state index contributed by atoms with van der Waals surface area (Å²) < 4.78 is 7.84. The molecule has 28 heavy (non-hydrogen) atoms. The topological polar surface area (TPSA) is 97.0 Å². The number of aromatic nitrogens is 3. The van der Waals surface area contributed by atoms with Crippen LogP contribution in [0.25, 0.3) is 22.3 Å². The van der Waals surface area contributed by atoms with Gasteiger partial charge in [0.25, 0.3) is 0 Å². The maximum atomic E-state index is 7.72. The number of nitrogens with two attached hydrogens (primary N) is 1. The van der Waals surface area contributed by atoms with Crippen molar-refractivity contribution in [1.82, 2.24) is 19.6 Å². The maximum absolute atomic E-state index is 7.72. The number of aryl methyl sites for hydroxylation is 1. The molecule has 1 aliphatic heterocycles. The minimum Gasteiger partial charge on any atom is -0.370 e. The average Bonchev–Trinajstić information content (AvgIpc) is 3.43. The molecule has 1 aliphatic rings. The fourth-order valence-corrected chi connectivity index (χ4v) is 4.04. The highest BCUT2D eigenvalue weighted by molar-refractivity contribution is 5.84. The summed E-state index contributed by atoms with van der Waals surface area (Å²) in [5.41, 5.74) is 7.86. The monoisotopic (exact) mass is 380 g/mol. The highest BCUT2D eigenvalue weighted by Crippen LogP contribution is 2.32. The molecule has 7 nitrogen and oxygen atoms in total. The van der Waals surface area contributed by atoms with Crippen LogP contribution in [0.4, 0.5) is 0 Å². The van der Waals surface area contributed by atoms with E-state index in [1.54, 1.807) is 0 Å². The first-order valence-corrected chi connectivity index (χ1v) is 10.2. The molecule has 0 saturated carbocycles. The van der Waals surface area contributed by atoms with Crippen molar-refractivity contribution < 1.29 is 4.52 Å². The third-order valence-electron chi connectivity index (χ3n) is 5.57. The second-order valence-electron chi connectivity index (χ2n) is 7.54. The Morgan fingerprint density at radius 1 is 1.29 bits per heavy atom. The van der Waals surface area contributed by atoms with E-state index in [2.05, 4.69) is 52.1 Å². The zero-order valence-corrected chi connectivity index (χ0v) is 16.4. The van der Waals surface area contributed by atoms with Crippen LogP contribution in [-0.2, 0) is 6.54 Å². The lowest BCUT2D eigenvalue weighted by molar-refractivity contribution is 0.283. The minimum absolute atomic E-state index is 0.0592. The molecule has 3 N–H and O–H groups in total. The van der Waals surface area contributed by atoms with Crippen molar-refractivity contribution in [2.75, 3.05) is 6.54 Å². The van der Waals surface area contributed by atoms with Crippen LogP contribution < -0.4 is 5.73 Å². The van der Waals surface area contributed by atoms with Gasteiger partial charge in [-0.05, 0) is 43.5 Å². The number of hydrogen-bond donors (Lipinski definition) is 2. The lowest BCUT2D eigenvalue weighted by Gasteiger charge is -2.21. The number of likely N-dealkylation sites (tertiary alicyclic amines) is 1. The first kappa shape index (κ1) is 18.5. The lowest BCUT2D eigenvalue weighted by atomic mass is 10.1. The zero-order chi connectivity index (χ0) is 19.5. The number of fused-ring (bicyclic) bond motifs is 1. The predicted molar refractivity (Wildman–Crippen MR) is 110 cm³/mol. The smallest absolute Gasteiger partial charge is 0.249 e. The van der Waals surface area contributed by atoms with Crippen molar-refractivity contribution in [3.8, 4) is 11.4 Å². The predicted octanol–water partition coefficient (Wildman–Crippen LogP) is 4.30. The Morgan fingerprint density at radius 2 is 2.18 bits per heavy atom. The van der Waals surface area contributed by atoms with Gasteiger partial charge in [-0.1, -0.05) is 31.3 Å². The molecule has 4 rings (SSSR count). The Kier molecular flexibility index (Phi) is 5.32. The summed E-state index contributed by atoms with van der Waals surface area (Å²) in [5, 5.41) is 13.1. The average molecular weight is 380 g/mol. The minimum atomic E-state index is -0.0910. The molecular weight excluding hydrogens is 352 g/mol. The Balaban J connectivity index is 1.52. The van der Waals surface area contributed by atoms with E-state index in [-0.39, 0.29) is 12.0 Å². The third-order valence-corrected chi connectivity index (χ3v) is 5.57. The maximum Gasteiger partial charge on any atom is 0.249 e. The Morgan fingerprint density at radius 3 is 3.00 bits per heavy atom. The van der Waals surface area contributed by atoms with Crippen molar-refractivity contribution in [1.29, 1.82) is 5.41 Å². The number of rotatable bonds is 7. The highest BCUT2D eigenvalue weighted by Gasteiger charge is 2.31. The van der Waals surface area contributed by atoms with Crippen LogP contribution >= 0.6 is 0 Å². The fraction of sp³-hybridized carbons (Fsp3) is 0.476. The van der Waals surface area contributed by atoms with Gasteiger partial charge in [0, 0.05) is 35.8 Å². The molecule has 1 fully saturated rings. The van der Waals surface area contributed by atoms with Crippen molar-refractivity contribution in [2.45, 2.75) is 58.0 Å². The standard InChI is InChI=1S/C21H28N6O/c1-2-3-4-5-11-26-13-10-15-14-16(8-9-17(15)26)19-24-20(28-25-19)18-7-6-12-27(18)21(22)23/h8-10,13-14,18H,2-7,11-12H2,1H3,(H3,22,23)/t18-/m0/s1. The Hall–Kier alpha value is -2.83. The summed E-state index contributed by atoms with van der Waals surface area (Å²) in [4.78, 5) is 6.42. The summed E-state index contributed by atoms with van der Waals surface area (Å²) in [7, 11) is 0. The molecule has 0 aliphatic carbocycles. The van der Waals surface area contributed by atoms with Crippen LogP contribution in [0.3, 0.4) is 0 Å². The van der Waals surface area contributed by atoms with E-state index in [0.29, 0.717) is 11.7 Å². The van der Waals surface area contributed by atoms with Crippen molar-refractivity contribution in [2.24, 2.45) is 5.73 Å². The molecule has 2 aromatic heterocycles. The molecular formula is C21H28N6O. The Bertz CT molecular complexity index is 959. The van der Waals surface area contributed by atoms with Crippen LogP contribution in [-0.4, -0.2) is 32.1 Å². The van der Waals surface area contributed by atoms with Gasteiger partial charge in [0.15, 0.2) is 5.96 Å². The van der Waals surface area contributed by atoms with Crippen molar-refractivity contribution in [3.05, 3.63) is 36.4 Å². The van der Waals surface area contributed by atoms with E-state index in [4.69, 9.17) is 15.7 Å². The number of unbranched alkanes of at least 4 members (excludes halogenated alkanes) is 3. The van der Waals surface area contributed by atoms with Crippen LogP contribution in [0.5, 0.6) is 0 Å². The van der Waals surface area contributed by atoms with Gasteiger partial charge in [0.2, 0.25) is 11.7 Å². The normalized spacial score (nSPS) is 16.9. The molecule has 0 amide bonds. The van der Waals surface area contributed by atoms with Crippen molar-refractivity contribution >= 4 is 16.9 Å². The second kappa shape index (κ2) is 8.04. The van der Waals surface area contributed by atoms with E-state index >= 15 is 0 Å². The third kappa shape index (κ3) is 3.61.